The summed E-state index contributed by atoms with van der Waals surface area (Å²) < 4.78 is 101. The maximum Gasteiger partial charge on any atom is 0.436 e. The van der Waals surface area contributed by atoms with Crippen LogP contribution in [0, 0.1) is 5.82 Å². The van der Waals surface area contributed by atoms with Crippen molar-refractivity contribution < 1.29 is 45.1 Å². The zero-order valence-corrected chi connectivity index (χ0v) is 20.5. The van der Waals surface area contributed by atoms with E-state index in [9.17, 15) is 40.3 Å². The predicted octanol–water partition coefficient (Wildman–Crippen LogP) is 5.36. The van der Waals surface area contributed by atoms with E-state index in [0.717, 1.165) is 36.1 Å². The molecule has 2 aromatic carbocycles. The Hall–Kier alpha value is -4.10. The lowest BCUT2D eigenvalue weighted by atomic mass is 10.0. The first-order chi connectivity index (χ1) is 18.2. The molecule has 1 N–H and O–H groups in total. The number of carbonyl (C=O) groups excluding carboxylic acids is 2. The minimum absolute atomic E-state index is 0.0274. The second-order valence-corrected chi connectivity index (χ2v) is 8.81. The number of hydrogen-bond acceptors (Lipinski definition) is 5. The Labute approximate surface area is 217 Å². The standard InChI is InChI=1S/C25H21F7N4O3/c1-13(15-6-7-17(18(26)11-15)23(38)39-2)33-21(37)19-20(25(30,31)32)34-36-9-8-35(22(19)36)12-14-4-3-5-16(10-14)24(27,28)29/h3-7,10-11,13H,8-9,12H2,1-2H3,(H,33,37)/t13-/m0/s1. The smallest absolute Gasteiger partial charge is 0.436 e. The molecule has 14 heteroatoms. The maximum absolute atomic E-state index is 14.4. The molecule has 2 heterocycles. The molecule has 0 aliphatic carbocycles. The summed E-state index contributed by atoms with van der Waals surface area (Å²) >= 11 is 0. The van der Waals surface area contributed by atoms with Crippen LogP contribution in [-0.4, -0.2) is 35.3 Å². The zero-order chi connectivity index (χ0) is 28.7. The van der Waals surface area contributed by atoms with Crippen LogP contribution in [0.15, 0.2) is 42.5 Å². The number of nitrogens with one attached hydrogen (secondary N) is 1. The molecule has 0 radical (unpaired) electrons. The van der Waals surface area contributed by atoms with Crippen molar-refractivity contribution >= 4 is 17.7 Å². The van der Waals surface area contributed by atoms with E-state index in [1.54, 1.807) is 0 Å². The van der Waals surface area contributed by atoms with Crippen molar-refractivity contribution in [2.45, 2.75) is 38.4 Å². The molecule has 1 aliphatic heterocycles. The second-order valence-electron chi connectivity index (χ2n) is 8.81. The number of aromatic nitrogens is 2. The first-order valence-electron chi connectivity index (χ1n) is 11.5. The Morgan fingerprint density at radius 1 is 1.05 bits per heavy atom. The lowest BCUT2D eigenvalue weighted by molar-refractivity contribution is -0.142. The fraction of sp³-hybridized carbons (Fsp3) is 0.320. The highest BCUT2D eigenvalue weighted by Crippen LogP contribution is 2.39. The molecule has 39 heavy (non-hydrogen) atoms. The number of alkyl halides is 6. The van der Waals surface area contributed by atoms with Crippen LogP contribution < -0.4 is 10.2 Å². The molecule has 0 saturated carbocycles. The van der Waals surface area contributed by atoms with Crippen molar-refractivity contribution in [2.75, 3.05) is 18.6 Å². The zero-order valence-electron chi connectivity index (χ0n) is 20.5. The van der Waals surface area contributed by atoms with Gasteiger partial charge in [-0.2, -0.15) is 31.4 Å². The number of halogens is 7. The van der Waals surface area contributed by atoms with E-state index in [2.05, 4.69) is 15.2 Å². The lowest BCUT2D eigenvalue weighted by Crippen LogP contribution is -2.31. The number of carbonyl (C=O) groups is 2. The minimum atomic E-state index is -5.01. The van der Waals surface area contributed by atoms with Gasteiger partial charge >= 0.3 is 18.3 Å². The Bertz CT molecular complexity index is 1420. The first-order valence-corrected chi connectivity index (χ1v) is 11.5. The molecular formula is C25H21F7N4O3. The molecule has 208 valence electrons. The van der Waals surface area contributed by atoms with Gasteiger partial charge in [0, 0.05) is 13.1 Å². The molecule has 0 unspecified atom stereocenters. The van der Waals surface area contributed by atoms with E-state index in [-0.39, 0.29) is 42.1 Å². The van der Waals surface area contributed by atoms with E-state index in [0.29, 0.717) is 0 Å². The van der Waals surface area contributed by atoms with Crippen LogP contribution in [0.3, 0.4) is 0 Å². The summed E-state index contributed by atoms with van der Waals surface area (Å²) in [4.78, 5) is 26.2. The van der Waals surface area contributed by atoms with Gasteiger partial charge in [0.2, 0.25) is 0 Å². The Kier molecular flexibility index (Phi) is 7.32. The minimum Gasteiger partial charge on any atom is -0.465 e. The molecule has 7 nitrogen and oxygen atoms in total. The van der Waals surface area contributed by atoms with Crippen molar-refractivity contribution in [1.29, 1.82) is 0 Å². The number of nitrogens with zero attached hydrogens (tertiary/aromatic N) is 3. The molecule has 0 bridgehead atoms. The summed E-state index contributed by atoms with van der Waals surface area (Å²) in [7, 11) is 1.07. The number of ether oxygens (including phenoxy) is 1. The van der Waals surface area contributed by atoms with Crippen LogP contribution in [0.4, 0.5) is 36.6 Å². The summed E-state index contributed by atoms with van der Waals surface area (Å²) in [6.45, 7) is 1.28. The third-order valence-electron chi connectivity index (χ3n) is 6.18. The van der Waals surface area contributed by atoms with Gasteiger partial charge in [-0.3, -0.25) is 4.79 Å². The third kappa shape index (κ3) is 5.68. The van der Waals surface area contributed by atoms with E-state index >= 15 is 0 Å². The SMILES string of the molecule is COC(=O)c1ccc([C@H](C)NC(=O)c2c(C(F)(F)F)nn3c2N(Cc2cccc(C(F)(F)F)c2)CC3)cc1F. The monoisotopic (exact) mass is 558 g/mol. The highest BCUT2D eigenvalue weighted by atomic mass is 19.4. The largest absolute Gasteiger partial charge is 0.465 e. The topological polar surface area (TPSA) is 76.5 Å². The highest BCUT2D eigenvalue weighted by molar-refractivity contribution is 6.01. The maximum atomic E-state index is 14.4. The Balaban J connectivity index is 1.65. The van der Waals surface area contributed by atoms with Gasteiger partial charge in [0.05, 0.1) is 30.8 Å². The van der Waals surface area contributed by atoms with Gasteiger partial charge < -0.3 is 15.0 Å². The van der Waals surface area contributed by atoms with Crippen molar-refractivity contribution in [3.63, 3.8) is 0 Å². The molecule has 1 aliphatic rings. The van der Waals surface area contributed by atoms with Gasteiger partial charge in [0.25, 0.3) is 5.91 Å². The van der Waals surface area contributed by atoms with Crippen LogP contribution in [0.5, 0.6) is 0 Å². The predicted molar refractivity (Wildman–Crippen MR) is 123 cm³/mol. The van der Waals surface area contributed by atoms with Crippen molar-refractivity contribution in [1.82, 2.24) is 15.1 Å². The summed E-state index contributed by atoms with van der Waals surface area (Å²) in [5, 5.41) is 5.96. The highest BCUT2D eigenvalue weighted by Gasteiger charge is 2.44. The molecule has 0 saturated heterocycles. The number of rotatable bonds is 6. The number of methoxy groups -OCH3 is 1. The van der Waals surface area contributed by atoms with Crippen molar-refractivity contribution in [3.8, 4) is 0 Å². The molecule has 4 rings (SSSR count). The van der Waals surface area contributed by atoms with Crippen molar-refractivity contribution in [2.24, 2.45) is 0 Å². The van der Waals surface area contributed by atoms with Crippen LogP contribution in [0.1, 0.15) is 56.1 Å². The normalized spacial score (nSPS) is 14.2. The van der Waals surface area contributed by atoms with Gasteiger partial charge in [-0.1, -0.05) is 18.2 Å². The molecule has 1 atom stereocenters. The molecule has 0 spiro atoms. The van der Waals surface area contributed by atoms with Gasteiger partial charge in [-0.15, -0.1) is 0 Å². The fourth-order valence-electron chi connectivity index (χ4n) is 4.31. The van der Waals surface area contributed by atoms with Crippen molar-refractivity contribution in [3.05, 3.63) is 81.8 Å². The number of amides is 1. The summed E-state index contributed by atoms with van der Waals surface area (Å²) in [5.74, 6) is -3.24. The quantitative estimate of drug-likeness (QED) is 0.326. The van der Waals surface area contributed by atoms with Crippen LogP contribution in [0.25, 0.3) is 0 Å². The van der Waals surface area contributed by atoms with Gasteiger partial charge in [0.15, 0.2) is 5.69 Å². The van der Waals surface area contributed by atoms with E-state index in [1.165, 1.54) is 30.0 Å². The lowest BCUT2D eigenvalue weighted by Gasteiger charge is -2.21. The fourth-order valence-corrected chi connectivity index (χ4v) is 4.31. The van der Waals surface area contributed by atoms with Crippen LogP contribution in [-0.2, 0) is 30.2 Å². The summed E-state index contributed by atoms with van der Waals surface area (Å²) in [6, 6.07) is 6.73. The van der Waals surface area contributed by atoms with Gasteiger partial charge in [-0.25, -0.2) is 13.9 Å². The molecule has 3 aromatic rings. The molecule has 1 aromatic heterocycles. The Morgan fingerprint density at radius 2 is 1.77 bits per heavy atom. The van der Waals surface area contributed by atoms with Crippen LogP contribution in [0.2, 0.25) is 0 Å². The van der Waals surface area contributed by atoms with Gasteiger partial charge in [0.1, 0.15) is 17.2 Å². The average molecular weight is 558 g/mol. The molecule has 1 amide bonds. The van der Waals surface area contributed by atoms with E-state index in [4.69, 9.17) is 0 Å². The average Bonchev–Trinajstić information content (AvgIpc) is 3.43. The van der Waals surface area contributed by atoms with Gasteiger partial charge in [-0.05, 0) is 42.3 Å². The molecule has 0 fully saturated rings. The number of esters is 1. The Morgan fingerprint density at radius 3 is 2.38 bits per heavy atom. The summed E-state index contributed by atoms with van der Waals surface area (Å²) in [5.41, 5.74) is -3.20. The number of anilines is 1. The van der Waals surface area contributed by atoms with Crippen LogP contribution >= 0.6 is 0 Å². The van der Waals surface area contributed by atoms with E-state index < -0.39 is 52.9 Å². The first kappa shape index (κ1) is 27.9. The third-order valence-corrected chi connectivity index (χ3v) is 6.18. The number of benzene rings is 2. The number of hydrogen-bond donors (Lipinski definition) is 1. The number of fused-ring (bicyclic) bond motifs is 1. The van der Waals surface area contributed by atoms with E-state index in [1.807, 2.05) is 0 Å². The summed E-state index contributed by atoms with van der Waals surface area (Å²) in [6.07, 6.45) is -9.62. The molecular weight excluding hydrogens is 537 g/mol. The second kappa shape index (κ2) is 10.2.